The predicted molar refractivity (Wildman–Crippen MR) is 133 cm³/mol. The zero-order valence-corrected chi connectivity index (χ0v) is 19.8. The van der Waals surface area contributed by atoms with E-state index in [1.165, 1.54) is 16.6 Å². The molecule has 11 heteroatoms. The van der Waals surface area contributed by atoms with Gasteiger partial charge < -0.3 is 19.6 Å². The summed E-state index contributed by atoms with van der Waals surface area (Å²) in [5, 5.41) is 5.32. The molecule has 6 rings (SSSR count). The van der Waals surface area contributed by atoms with E-state index in [4.69, 9.17) is 10.2 Å². The molecule has 0 radical (unpaired) electrons. The number of hydrogen-bond donors (Lipinski definition) is 1. The minimum Gasteiger partial charge on any atom is -0.461 e. The Balaban J connectivity index is 1.14. The molecule has 0 spiro atoms. The van der Waals surface area contributed by atoms with Crippen LogP contribution in [0.3, 0.4) is 0 Å². The van der Waals surface area contributed by atoms with Crippen molar-refractivity contribution in [3.63, 3.8) is 0 Å². The number of halogens is 2. The maximum absolute atomic E-state index is 14.2. The van der Waals surface area contributed by atoms with E-state index in [1.807, 2.05) is 17.2 Å². The molecule has 4 aromatic heterocycles. The van der Waals surface area contributed by atoms with Gasteiger partial charge in [0, 0.05) is 51.5 Å². The summed E-state index contributed by atoms with van der Waals surface area (Å²) in [6, 6.07) is 9.34. The second-order valence-corrected chi connectivity index (χ2v) is 9.31. The van der Waals surface area contributed by atoms with Gasteiger partial charge in [-0.05, 0) is 36.2 Å². The molecule has 1 aliphatic rings. The van der Waals surface area contributed by atoms with Gasteiger partial charge in [0.15, 0.2) is 11.4 Å². The third-order valence-corrected chi connectivity index (χ3v) is 6.66. The minimum atomic E-state index is -0.555. The number of aromatic nitrogens is 5. The van der Waals surface area contributed by atoms with Gasteiger partial charge in [0.05, 0.1) is 17.3 Å². The molecule has 2 N–H and O–H groups in total. The summed E-state index contributed by atoms with van der Waals surface area (Å²) >= 11 is 0. The summed E-state index contributed by atoms with van der Waals surface area (Å²) in [6.45, 7) is 6.88. The van der Waals surface area contributed by atoms with Crippen LogP contribution in [0.25, 0.3) is 28.3 Å². The van der Waals surface area contributed by atoms with E-state index in [0.29, 0.717) is 41.9 Å². The minimum absolute atomic E-state index is 0.263. The Morgan fingerprint density at radius 2 is 1.86 bits per heavy atom. The largest absolute Gasteiger partial charge is 0.461 e. The molecule has 9 nitrogen and oxygen atoms in total. The van der Waals surface area contributed by atoms with Gasteiger partial charge in [-0.2, -0.15) is 9.50 Å². The van der Waals surface area contributed by atoms with E-state index in [-0.39, 0.29) is 5.95 Å². The van der Waals surface area contributed by atoms with Crippen LogP contribution in [0.1, 0.15) is 6.92 Å². The molecule has 36 heavy (non-hydrogen) atoms. The molecule has 1 aliphatic heterocycles. The van der Waals surface area contributed by atoms with E-state index in [1.54, 1.807) is 18.4 Å². The van der Waals surface area contributed by atoms with Crippen molar-refractivity contribution in [1.29, 1.82) is 0 Å². The van der Waals surface area contributed by atoms with E-state index in [2.05, 4.69) is 31.5 Å². The van der Waals surface area contributed by atoms with Crippen LogP contribution in [0.15, 0.2) is 53.3 Å². The van der Waals surface area contributed by atoms with Crippen molar-refractivity contribution in [2.45, 2.75) is 13.5 Å². The van der Waals surface area contributed by atoms with Crippen LogP contribution in [0.5, 0.6) is 0 Å². The Bertz CT molecular complexity index is 1520. The van der Waals surface area contributed by atoms with Crippen LogP contribution in [0.4, 0.5) is 20.4 Å². The molecule has 1 saturated heterocycles. The highest BCUT2D eigenvalue weighted by Crippen LogP contribution is 2.26. The summed E-state index contributed by atoms with van der Waals surface area (Å²) in [4.78, 5) is 13.6. The number of piperazine rings is 1. The molecule has 0 bridgehead atoms. The Kier molecular flexibility index (Phi) is 5.56. The lowest BCUT2D eigenvalue weighted by Gasteiger charge is -2.37. The van der Waals surface area contributed by atoms with Gasteiger partial charge in [-0.15, -0.1) is 5.10 Å². The zero-order chi connectivity index (χ0) is 24.8. The number of anilines is 2. The third-order valence-electron chi connectivity index (χ3n) is 6.66. The number of nitrogens with zero attached hydrogens (tertiary/aromatic N) is 7. The van der Waals surface area contributed by atoms with E-state index in [9.17, 15) is 8.78 Å². The van der Waals surface area contributed by atoms with E-state index in [0.717, 1.165) is 43.3 Å². The number of nitrogens with two attached hydrogens (primary N) is 1. The van der Waals surface area contributed by atoms with Crippen LogP contribution in [0, 0.1) is 17.6 Å². The van der Waals surface area contributed by atoms with Crippen LogP contribution < -0.4 is 10.6 Å². The number of nitrogen functional groups attached to an aromatic ring is 1. The summed E-state index contributed by atoms with van der Waals surface area (Å²) < 4.78 is 36.5. The fraction of sp³-hybridized carbons (Fsp3) is 0.320. The van der Waals surface area contributed by atoms with Gasteiger partial charge in [0.25, 0.3) is 0 Å². The molecule has 0 saturated carbocycles. The normalized spacial score (nSPS) is 15.8. The summed E-state index contributed by atoms with van der Waals surface area (Å²) in [5.41, 5.74) is 8.09. The molecule has 0 amide bonds. The monoisotopic (exact) mass is 492 g/mol. The van der Waals surface area contributed by atoms with Crippen LogP contribution in [-0.2, 0) is 6.54 Å². The van der Waals surface area contributed by atoms with Gasteiger partial charge in [-0.25, -0.2) is 13.8 Å². The highest BCUT2D eigenvalue weighted by Gasteiger charge is 2.22. The van der Waals surface area contributed by atoms with Gasteiger partial charge >= 0.3 is 0 Å². The smallest absolute Gasteiger partial charge is 0.225 e. The molecule has 0 aliphatic carbocycles. The number of rotatable bonds is 6. The Labute approximate surface area is 205 Å². The van der Waals surface area contributed by atoms with Gasteiger partial charge in [0.1, 0.15) is 17.3 Å². The van der Waals surface area contributed by atoms with E-state index < -0.39 is 11.6 Å². The fourth-order valence-corrected chi connectivity index (χ4v) is 4.97. The lowest BCUT2D eigenvalue weighted by atomic mass is 10.1. The molecular formula is C25H26F2N8O. The lowest BCUT2D eigenvalue weighted by Crippen LogP contribution is -2.48. The quantitative estimate of drug-likeness (QED) is 0.387. The molecule has 1 unspecified atom stereocenters. The molecule has 1 fully saturated rings. The maximum Gasteiger partial charge on any atom is 0.225 e. The van der Waals surface area contributed by atoms with Crippen molar-refractivity contribution in [3.8, 4) is 11.6 Å². The summed E-state index contributed by atoms with van der Waals surface area (Å²) in [6.07, 6.45) is 3.58. The van der Waals surface area contributed by atoms with E-state index >= 15 is 0 Å². The number of benzene rings is 1. The molecular weight excluding hydrogens is 466 g/mol. The molecule has 5 heterocycles. The first-order valence-corrected chi connectivity index (χ1v) is 11.9. The van der Waals surface area contributed by atoms with Gasteiger partial charge in [-0.1, -0.05) is 6.92 Å². The van der Waals surface area contributed by atoms with Crippen LogP contribution >= 0.6 is 0 Å². The fourth-order valence-electron chi connectivity index (χ4n) is 4.97. The Hall–Kier alpha value is -3.99. The topological polar surface area (TPSA) is 93.7 Å². The van der Waals surface area contributed by atoms with Crippen molar-refractivity contribution < 1.29 is 13.2 Å². The highest BCUT2D eigenvalue weighted by atomic mass is 19.1. The van der Waals surface area contributed by atoms with Crippen molar-refractivity contribution in [1.82, 2.24) is 29.0 Å². The standard InChI is InChI=1S/C25H26F2N8O/c1-16(14-32-8-10-33(11-9-32)20-5-4-17(26)13-19(20)27)15-34-7-6-18-23(34)30-25(28)35-24(18)29-22(31-35)21-3-2-12-36-21/h2-7,12-13,16H,8-11,14-15H2,1H3,(H2,28,30). The number of hydrogen-bond acceptors (Lipinski definition) is 7. The predicted octanol–water partition coefficient (Wildman–Crippen LogP) is 3.66. The molecule has 1 aromatic carbocycles. The number of furan rings is 1. The van der Waals surface area contributed by atoms with Crippen LogP contribution in [-0.4, -0.2) is 61.8 Å². The third kappa shape index (κ3) is 4.05. The van der Waals surface area contributed by atoms with Crippen molar-refractivity contribution >= 4 is 28.3 Å². The van der Waals surface area contributed by atoms with Gasteiger partial charge in [0.2, 0.25) is 11.8 Å². The Morgan fingerprint density at radius 1 is 1.03 bits per heavy atom. The first kappa shape index (κ1) is 22.5. The maximum atomic E-state index is 14.2. The molecule has 5 aromatic rings. The summed E-state index contributed by atoms with van der Waals surface area (Å²) in [5.74, 6) is 0.565. The average Bonchev–Trinajstić information content (AvgIpc) is 3.60. The average molecular weight is 493 g/mol. The Morgan fingerprint density at radius 3 is 2.61 bits per heavy atom. The zero-order valence-electron chi connectivity index (χ0n) is 19.8. The van der Waals surface area contributed by atoms with Crippen molar-refractivity contribution in [3.05, 3.63) is 60.5 Å². The number of fused-ring (bicyclic) bond motifs is 3. The second-order valence-electron chi connectivity index (χ2n) is 9.31. The molecule has 186 valence electrons. The molecule has 1 atom stereocenters. The summed E-state index contributed by atoms with van der Waals surface area (Å²) in [7, 11) is 0. The lowest BCUT2D eigenvalue weighted by molar-refractivity contribution is 0.215. The highest BCUT2D eigenvalue weighted by molar-refractivity contribution is 5.91. The second kappa shape index (κ2) is 8.90. The first-order valence-electron chi connectivity index (χ1n) is 11.9. The van der Waals surface area contributed by atoms with Crippen molar-refractivity contribution in [2.24, 2.45) is 5.92 Å². The SMILES string of the molecule is CC(CN1CCN(c2ccc(F)cc2F)CC1)Cn1ccc2c1nc(N)n1nc(-c3ccco3)nc21. The van der Waals surface area contributed by atoms with Gasteiger partial charge in [-0.3, -0.25) is 4.90 Å². The van der Waals surface area contributed by atoms with Crippen molar-refractivity contribution in [2.75, 3.05) is 43.4 Å². The van der Waals surface area contributed by atoms with Crippen LogP contribution in [0.2, 0.25) is 0 Å². The first-order chi connectivity index (χ1) is 17.5.